The van der Waals surface area contributed by atoms with E-state index in [9.17, 15) is 8.78 Å². The Bertz CT molecular complexity index is 376. The van der Waals surface area contributed by atoms with Gasteiger partial charge in [0.05, 0.1) is 0 Å². The summed E-state index contributed by atoms with van der Waals surface area (Å²) in [6.07, 6.45) is 0. The van der Waals surface area contributed by atoms with Crippen LogP contribution in [0.5, 0.6) is 5.75 Å². The van der Waals surface area contributed by atoms with Crippen molar-refractivity contribution in [3.05, 3.63) is 29.8 Å². The van der Waals surface area contributed by atoms with Gasteiger partial charge in [-0.25, -0.2) is 0 Å². The number of benzene rings is 1. The van der Waals surface area contributed by atoms with E-state index in [0.717, 1.165) is 17.1 Å². The maximum absolute atomic E-state index is 12.3. The van der Waals surface area contributed by atoms with E-state index in [1.807, 2.05) is 30.8 Å². The van der Waals surface area contributed by atoms with Crippen LogP contribution in [0.4, 0.5) is 8.78 Å². The predicted octanol–water partition coefficient (Wildman–Crippen LogP) is 4.08. The Labute approximate surface area is 117 Å². The summed E-state index contributed by atoms with van der Waals surface area (Å²) < 4.78 is 29.2. The third kappa shape index (κ3) is 5.78. The maximum atomic E-state index is 12.3. The van der Waals surface area contributed by atoms with Crippen LogP contribution in [0.15, 0.2) is 24.3 Å². The molecule has 0 radical (unpaired) electrons. The molecule has 2 atom stereocenters. The fourth-order valence-corrected chi connectivity index (χ4v) is 2.59. The highest BCUT2D eigenvalue weighted by Gasteiger charge is 2.15. The van der Waals surface area contributed by atoms with Gasteiger partial charge < -0.3 is 10.1 Å². The first kappa shape index (κ1) is 16.2. The molecule has 0 aliphatic rings. The molecule has 0 heterocycles. The van der Waals surface area contributed by atoms with Crippen molar-refractivity contribution in [1.82, 2.24) is 5.32 Å². The SMILES string of the molecule is CCSCC(C)NC(C)c1ccccc1OC(F)F. The van der Waals surface area contributed by atoms with Crippen molar-refractivity contribution in [3.8, 4) is 5.75 Å². The molecule has 1 N–H and O–H groups in total. The summed E-state index contributed by atoms with van der Waals surface area (Å²) in [6, 6.07) is 7.21. The summed E-state index contributed by atoms with van der Waals surface area (Å²) in [5.74, 6) is 2.32. The molecule has 0 amide bonds. The molecule has 1 aromatic rings. The number of hydrogen-bond donors (Lipinski definition) is 1. The zero-order chi connectivity index (χ0) is 14.3. The summed E-state index contributed by atoms with van der Waals surface area (Å²) in [6.45, 7) is 3.38. The summed E-state index contributed by atoms with van der Waals surface area (Å²) in [5.41, 5.74) is 0.760. The van der Waals surface area contributed by atoms with E-state index in [2.05, 4.69) is 23.9 Å². The Morgan fingerprint density at radius 1 is 1.26 bits per heavy atom. The van der Waals surface area contributed by atoms with Gasteiger partial charge in [-0.3, -0.25) is 0 Å². The fraction of sp³-hybridized carbons (Fsp3) is 0.571. The van der Waals surface area contributed by atoms with Gasteiger partial charge in [0.15, 0.2) is 0 Å². The number of para-hydroxylation sites is 1. The molecule has 1 rings (SSSR count). The monoisotopic (exact) mass is 289 g/mol. The molecule has 0 bridgehead atoms. The van der Waals surface area contributed by atoms with E-state index >= 15 is 0 Å². The molecule has 0 aromatic heterocycles. The van der Waals surface area contributed by atoms with Crippen molar-refractivity contribution in [2.75, 3.05) is 11.5 Å². The highest BCUT2D eigenvalue weighted by molar-refractivity contribution is 7.99. The minimum atomic E-state index is -2.79. The number of hydrogen-bond acceptors (Lipinski definition) is 3. The quantitative estimate of drug-likeness (QED) is 0.779. The van der Waals surface area contributed by atoms with Gasteiger partial charge in [0.1, 0.15) is 5.75 Å². The number of rotatable bonds is 8. The molecule has 0 saturated heterocycles. The zero-order valence-corrected chi connectivity index (χ0v) is 12.3. The lowest BCUT2D eigenvalue weighted by atomic mass is 10.1. The van der Waals surface area contributed by atoms with Crippen molar-refractivity contribution in [1.29, 1.82) is 0 Å². The molecule has 1 aromatic carbocycles. The Balaban J connectivity index is 2.67. The molecule has 19 heavy (non-hydrogen) atoms. The lowest BCUT2D eigenvalue weighted by Gasteiger charge is -2.22. The molecule has 0 spiro atoms. The molecular weight excluding hydrogens is 268 g/mol. The van der Waals surface area contributed by atoms with Crippen LogP contribution in [0.1, 0.15) is 32.4 Å². The van der Waals surface area contributed by atoms with Crippen molar-refractivity contribution < 1.29 is 13.5 Å². The van der Waals surface area contributed by atoms with Crippen LogP contribution >= 0.6 is 11.8 Å². The van der Waals surface area contributed by atoms with Gasteiger partial charge in [-0.2, -0.15) is 20.5 Å². The van der Waals surface area contributed by atoms with Gasteiger partial charge in [-0.15, -0.1) is 0 Å². The Hall–Kier alpha value is -0.810. The van der Waals surface area contributed by atoms with Crippen LogP contribution in [0.3, 0.4) is 0 Å². The largest absolute Gasteiger partial charge is 0.434 e. The average Bonchev–Trinajstić information content (AvgIpc) is 2.36. The van der Waals surface area contributed by atoms with E-state index < -0.39 is 6.61 Å². The van der Waals surface area contributed by atoms with Gasteiger partial charge in [0, 0.05) is 23.4 Å². The number of alkyl halides is 2. The van der Waals surface area contributed by atoms with E-state index in [-0.39, 0.29) is 11.8 Å². The smallest absolute Gasteiger partial charge is 0.387 e. The first-order valence-corrected chi connectivity index (χ1v) is 7.57. The number of halogens is 2. The van der Waals surface area contributed by atoms with Crippen LogP contribution < -0.4 is 10.1 Å². The molecule has 0 aliphatic heterocycles. The van der Waals surface area contributed by atoms with Gasteiger partial charge >= 0.3 is 6.61 Å². The van der Waals surface area contributed by atoms with Crippen LogP contribution in [-0.4, -0.2) is 24.2 Å². The van der Waals surface area contributed by atoms with Gasteiger partial charge in [0.2, 0.25) is 0 Å². The minimum Gasteiger partial charge on any atom is -0.434 e. The predicted molar refractivity (Wildman–Crippen MR) is 77.1 cm³/mol. The molecule has 0 aliphatic carbocycles. The second-order valence-electron chi connectivity index (χ2n) is 4.37. The Kier molecular flexibility index (Phi) is 7.16. The Morgan fingerprint density at radius 3 is 2.58 bits per heavy atom. The van der Waals surface area contributed by atoms with Gasteiger partial charge in [-0.05, 0) is 25.7 Å². The molecule has 5 heteroatoms. The topological polar surface area (TPSA) is 21.3 Å². The molecule has 108 valence electrons. The summed E-state index contributed by atoms with van der Waals surface area (Å²) in [4.78, 5) is 0. The van der Waals surface area contributed by atoms with Gasteiger partial charge in [-0.1, -0.05) is 25.1 Å². The van der Waals surface area contributed by atoms with Crippen LogP contribution in [-0.2, 0) is 0 Å². The van der Waals surface area contributed by atoms with Crippen LogP contribution in [0.2, 0.25) is 0 Å². The zero-order valence-electron chi connectivity index (χ0n) is 11.5. The lowest BCUT2D eigenvalue weighted by molar-refractivity contribution is -0.0506. The van der Waals surface area contributed by atoms with Crippen LogP contribution in [0.25, 0.3) is 0 Å². The standard InChI is InChI=1S/C14H21F2NOS/c1-4-19-9-10(2)17-11(3)12-7-5-6-8-13(12)18-14(15)16/h5-8,10-11,14,17H,4,9H2,1-3H3. The van der Waals surface area contributed by atoms with E-state index in [4.69, 9.17) is 0 Å². The summed E-state index contributed by atoms with van der Waals surface area (Å²) in [5, 5.41) is 3.40. The highest BCUT2D eigenvalue weighted by Crippen LogP contribution is 2.26. The molecular formula is C14H21F2NOS. The maximum Gasteiger partial charge on any atom is 0.387 e. The minimum absolute atomic E-state index is 0.0255. The molecule has 0 saturated carbocycles. The second kappa shape index (κ2) is 8.38. The average molecular weight is 289 g/mol. The van der Waals surface area contributed by atoms with Crippen molar-refractivity contribution in [2.45, 2.75) is 39.5 Å². The van der Waals surface area contributed by atoms with Crippen molar-refractivity contribution >= 4 is 11.8 Å². The second-order valence-corrected chi connectivity index (χ2v) is 5.68. The van der Waals surface area contributed by atoms with E-state index in [1.54, 1.807) is 12.1 Å². The summed E-state index contributed by atoms with van der Waals surface area (Å²) >= 11 is 1.85. The fourth-order valence-electron chi connectivity index (χ4n) is 1.90. The number of nitrogens with one attached hydrogen (secondary N) is 1. The van der Waals surface area contributed by atoms with Crippen molar-refractivity contribution in [3.63, 3.8) is 0 Å². The number of thioether (sulfide) groups is 1. The third-order valence-electron chi connectivity index (χ3n) is 2.71. The Morgan fingerprint density at radius 2 is 1.95 bits per heavy atom. The molecule has 2 unspecified atom stereocenters. The lowest BCUT2D eigenvalue weighted by Crippen LogP contribution is -2.31. The van der Waals surface area contributed by atoms with E-state index in [0.29, 0.717) is 6.04 Å². The highest BCUT2D eigenvalue weighted by atomic mass is 32.2. The normalized spacial score (nSPS) is 14.4. The van der Waals surface area contributed by atoms with Crippen molar-refractivity contribution in [2.24, 2.45) is 0 Å². The van der Waals surface area contributed by atoms with E-state index in [1.165, 1.54) is 0 Å². The third-order valence-corrected chi connectivity index (χ3v) is 3.85. The number of ether oxygens (including phenoxy) is 1. The molecule has 0 fully saturated rings. The van der Waals surface area contributed by atoms with Crippen LogP contribution in [0, 0.1) is 0 Å². The molecule has 2 nitrogen and oxygen atoms in total. The van der Waals surface area contributed by atoms with Gasteiger partial charge in [0.25, 0.3) is 0 Å². The summed E-state index contributed by atoms with van der Waals surface area (Å²) in [7, 11) is 0. The first-order chi connectivity index (χ1) is 9.04. The first-order valence-electron chi connectivity index (χ1n) is 6.42.